The second-order valence-electron chi connectivity index (χ2n) is 16.8. The maximum atomic E-state index is 13.5. The summed E-state index contributed by atoms with van der Waals surface area (Å²) in [7, 11) is 0. The molecular weight excluding hydrogens is 476 g/mol. The number of ether oxygens (including phenoxy) is 2. The largest absolute Gasteiger partial charge is 0.462 e. The normalized spacial score (nSPS) is 31.0. The van der Waals surface area contributed by atoms with Crippen LogP contribution < -0.4 is 10.6 Å². The van der Waals surface area contributed by atoms with Gasteiger partial charge in [0, 0.05) is 40.4 Å². The Morgan fingerprint density at radius 1 is 0.711 bits per heavy atom. The van der Waals surface area contributed by atoms with Crippen LogP contribution in [-0.2, 0) is 14.3 Å². The maximum absolute atomic E-state index is 13.5. The lowest BCUT2D eigenvalue weighted by Gasteiger charge is -2.49. The Morgan fingerprint density at radius 2 is 1.08 bits per heavy atom. The van der Waals surface area contributed by atoms with E-state index in [1.807, 2.05) is 0 Å². The quantitative estimate of drug-likeness (QED) is 0.260. The van der Waals surface area contributed by atoms with Crippen LogP contribution in [0.25, 0.3) is 0 Å². The molecule has 3 fully saturated rings. The molecule has 0 aromatic heterocycles. The van der Waals surface area contributed by atoms with Crippen molar-refractivity contribution in [3.63, 3.8) is 0 Å². The standard InChI is InChI=1S/C32H60N2O4/c1-27(2)17-23(18-28(3,4)33-27)37-25(35)31(9,10)21-13-15-22(16-14-21)32(11,12)26(36)38-24-19-29(5,6)34-30(7,8)20-24/h21-25,33-35H,13-20H2,1-12H3. The fourth-order valence-corrected chi connectivity index (χ4v) is 8.23. The molecule has 0 aromatic rings. The van der Waals surface area contributed by atoms with Crippen LogP contribution in [0.15, 0.2) is 0 Å². The Labute approximate surface area is 233 Å². The van der Waals surface area contributed by atoms with E-state index in [0.29, 0.717) is 5.92 Å². The van der Waals surface area contributed by atoms with Gasteiger partial charge in [0.1, 0.15) is 6.10 Å². The molecule has 2 heterocycles. The molecule has 0 aromatic carbocycles. The molecule has 0 radical (unpaired) electrons. The minimum Gasteiger partial charge on any atom is -0.462 e. The van der Waals surface area contributed by atoms with Gasteiger partial charge >= 0.3 is 5.97 Å². The molecular formula is C32H60N2O4. The number of hydrogen-bond acceptors (Lipinski definition) is 6. The topological polar surface area (TPSA) is 79.8 Å². The zero-order valence-corrected chi connectivity index (χ0v) is 26.7. The summed E-state index contributed by atoms with van der Waals surface area (Å²) in [4.78, 5) is 13.5. The number of carbonyl (C=O) groups is 1. The van der Waals surface area contributed by atoms with Crippen LogP contribution in [0.5, 0.6) is 0 Å². The van der Waals surface area contributed by atoms with Crippen LogP contribution in [0, 0.1) is 22.7 Å². The highest BCUT2D eigenvalue weighted by Gasteiger charge is 2.48. The third kappa shape index (κ3) is 7.73. The Bertz CT molecular complexity index is 804. The van der Waals surface area contributed by atoms with E-state index < -0.39 is 11.7 Å². The minimum absolute atomic E-state index is 0.0197. The first-order valence-electron chi connectivity index (χ1n) is 15.2. The summed E-state index contributed by atoms with van der Waals surface area (Å²) < 4.78 is 12.6. The van der Waals surface area contributed by atoms with Gasteiger partial charge in [0.15, 0.2) is 6.29 Å². The molecule has 3 N–H and O–H groups in total. The highest BCUT2D eigenvalue weighted by atomic mass is 16.6. The Balaban J connectivity index is 1.56. The van der Waals surface area contributed by atoms with Gasteiger partial charge < -0.3 is 25.2 Å². The zero-order valence-electron chi connectivity index (χ0n) is 26.7. The Kier molecular flexibility index (Phi) is 8.89. The van der Waals surface area contributed by atoms with E-state index in [1.54, 1.807) is 0 Å². The first-order chi connectivity index (χ1) is 17.0. The first-order valence-corrected chi connectivity index (χ1v) is 15.2. The second kappa shape index (κ2) is 10.6. The van der Waals surface area contributed by atoms with E-state index in [-0.39, 0.29) is 51.7 Å². The van der Waals surface area contributed by atoms with Crippen LogP contribution in [0.2, 0.25) is 0 Å². The molecule has 6 heteroatoms. The van der Waals surface area contributed by atoms with E-state index in [0.717, 1.165) is 51.4 Å². The lowest BCUT2D eigenvalue weighted by molar-refractivity contribution is -0.222. The number of nitrogens with one attached hydrogen (secondary N) is 2. The van der Waals surface area contributed by atoms with E-state index in [1.165, 1.54) is 0 Å². The average molecular weight is 537 g/mol. The number of aliphatic hydroxyl groups is 1. The lowest BCUT2D eigenvalue weighted by Crippen LogP contribution is -2.60. The molecule has 1 atom stereocenters. The van der Waals surface area contributed by atoms with Gasteiger partial charge in [0.25, 0.3) is 0 Å². The summed E-state index contributed by atoms with van der Waals surface area (Å²) >= 11 is 0. The fourth-order valence-electron chi connectivity index (χ4n) is 8.23. The molecule has 0 spiro atoms. The predicted octanol–water partition coefficient (Wildman–Crippen LogP) is 6.34. The van der Waals surface area contributed by atoms with Crippen LogP contribution in [0.1, 0.15) is 134 Å². The number of esters is 1. The molecule has 6 nitrogen and oxygen atoms in total. The van der Waals surface area contributed by atoms with Gasteiger partial charge in [-0.15, -0.1) is 0 Å². The number of hydrogen-bond donors (Lipinski definition) is 3. The molecule has 1 aliphatic carbocycles. The van der Waals surface area contributed by atoms with Crippen LogP contribution >= 0.6 is 0 Å². The number of rotatable bonds is 7. The molecule has 38 heavy (non-hydrogen) atoms. The maximum Gasteiger partial charge on any atom is 0.312 e. The third-order valence-electron chi connectivity index (χ3n) is 9.86. The Hall–Kier alpha value is -0.690. The van der Waals surface area contributed by atoms with Gasteiger partial charge in [0.2, 0.25) is 0 Å². The van der Waals surface area contributed by atoms with Gasteiger partial charge in [-0.25, -0.2) is 0 Å². The summed E-state index contributed by atoms with van der Waals surface area (Å²) in [6.07, 6.45) is 6.55. The molecule has 1 unspecified atom stereocenters. The van der Waals surface area contributed by atoms with Crippen molar-refractivity contribution in [3.05, 3.63) is 0 Å². The zero-order chi connectivity index (χ0) is 28.9. The van der Waals surface area contributed by atoms with Gasteiger partial charge in [0.05, 0.1) is 11.5 Å². The van der Waals surface area contributed by atoms with Crippen molar-refractivity contribution in [2.45, 2.75) is 175 Å². The minimum atomic E-state index is -0.802. The summed E-state index contributed by atoms with van der Waals surface area (Å²) in [6.45, 7) is 26.0. The lowest BCUT2D eigenvalue weighted by atomic mass is 9.63. The molecule has 2 saturated heterocycles. The van der Waals surface area contributed by atoms with Gasteiger partial charge in [-0.05, 0) is 120 Å². The molecule has 0 amide bonds. The van der Waals surface area contributed by atoms with Gasteiger partial charge in [-0.3, -0.25) is 4.79 Å². The fraction of sp³-hybridized carbons (Fsp3) is 0.969. The molecule has 2 aliphatic heterocycles. The van der Waals surface area contributed by atoms with Crippen molar-refractivity contribution < 1.29 is 19.4 Å². The van der Waals surface area contributed by atoms with E-state index in [2.05, 4.69) is 93.7 Å². The number of aliphatic hydroxyl groups excluding tert-OH is 1. The molecule has 0 bridgehead atoms. The first kappa shape index (κ1) is 31.8. The van der Waals surface area contributed by atoms with Crippen LogP contribution in [0.4, 0.5) is 0 Å². The highest BCUT2D eigenvalue weighted by Crippen LogP contribution is 2.48. The number of piperidine rings is 2. The number of carbonyl (C=O) groups excluding carboxylic acids is 1. The van der Waals surface area contributed by atoms with Gasteiger partial charge in [-0.1, -0.05) is 13.8 Å². The van der Waals surface area contributed by atoms with Crippen molar-refractivity contribution in [1.82, 2.24) is 10.6 Å². The summed E-state index contributed by atoms with van der Waals surface area (Å²) in [5, 5.41) is 18.7. The molecule has 1 saturated carbocycles. The van der Waals surface area contributed by atoms with Crippen molar-refractivity contribution in [3.8, 4) is 0 Å². The van der Waals surface area contributed by atoms with Crippen molar-refractivity contribution in [2.24, 2.45) is 22.7 Å². The molecule has 222 valence electrons. The van der Waals surface area contributed by atoms with Crippen LogP contribution in [-0.4, -0.2) is 51.7 Å². The predicted molar refractivity (Wildman–Crippen MR) is 155 cm³/mol. The summed E-state index contributed by atoms with van der Waals surface area (Å²) in [5.74, 6) is 0.585. The average Bonchev–Trinajstić information content (AvgIpc) is 2.69. The highest BCUT2D eigenvalue weighted by molar-refractivity contribution is 5.76. The molecule has 3 aliphatic rings. The van der Waals surface area contributed by atoms with Crippen molar-refractivity contribution >= 4 is 5.97 Å². The van der Waals surface area contributed by atoms with E-state index in [9.17, 15) is 9.90 Å². The summed E-state index contributed by atoms with van der Waals surface area (Å²) in [5.41, 5.74) is -1.01. The Morgan fingerprint density at radius 3 is 1.50 bits per heavy atom. The molecule has 3 rings (SSSR count). The van der Waals surface area contributed by atoms with E-state index >= 15 is 0 Å². The summed E-state index contributed by atoms with van der Waals surface area (Å²) in [6, 6.07) is 0. The van der Waals surface area contributed by atoms with Crippen LogP contribution in [0.3, 0.4) is 0 Å². The second-order valence-corrected chi connectivity index (χ2v) is 16.8. The van der Waals surface area contributed by atoms with Crippen molar-refractivity contribution in [1.29, 1.82) is 0 Å². The monoisotopic (exact) mass is 536 g/mol. The van der Waals surface area contributed by atoms with E-state index in [4.69, 9.17) is 9.47 Å². The SMILES string of the molecule is CC1(C)CC(OC(=O)C(C)(C)C2CCC(C(C)(C)C(O)OC3CC(C)(C)NC(C)(C)C3)CC2)CC(C)(C)N1. The third-order valence-corrected chi connectivity index (χ3v) is 9.86. The van der Waals surface area contributed by atoms with Gasteiger partial charge in [-0.2, -0.15) is 0 Å². The smallest absolute Gasteiger partial charge is 0.312 e. The van der Waals surface area contributed by atoms with Crippen molar-refractivity contribution in [2.75, 3.05) is 0 Å².